The molecule has 6 heteroatoms. The smallest absolute Gasteiger partial charge is 0.269 e. The van der Waals surface area contributed by atoms with Crippen LogP contribution in [0.25, 0.3) is 0 Å². The van der Waals surface area contributed by atoms with E-state index in [2.05, 4.69) is 4.72 Å². The second kappa shape index (κ2) is 5.47. The van der Waals surface area contributed by atoms with Crippen molar-refractivity contribution in [3.63, 3.8) is 0 Å². The van der Waals surface area contributed by atoms with E-state index in [1.807, 2.05) is 13.0 Å². The average Bonchev–Trinajstić information content (AvgIpc) is 2.34. The first-order valence-electron chi connectivity index (χ1n) is 6.03. The summed E-state index contributed by atoms with van der Waals surface area (Å²) < 4.78 is 28.3. The lowest BCUT2D eigenvalue weighted by Gasteiger charge is -2.26. The second-order valence-corrected chi connectivity index (χ2v) is 6.63. The van der Waals surface area contributed by atoms with Gasteiger partial charge in [-0.25, -0.2) is 0 Å². The van der Waals surface area contributed by atoms with Gasteiger partial charge in [0, 0.05) is 13.1 Å². The molecule has 18 heavy (non-hydrogen) atoms. The Hall–Kier alpha value is -0.780. The third-order valence-electron chi connectivity index (χ3n) is 3.02. The van der Waals surface area contributed by atoms with Crippen molar-refractivity contribution >= 4 is 27.5 Å². The molecule has 1 aliphatic rings. The summed E-state index contributed by atoms with van der Waals surface area (Å²) in [5.74, 6) is 0. The largest absolute Gasteiger partial charge is 0.301 e. The second-order valence-electron chi connectivity index (χ2n) is 4.55. The lowest BCUT2D eigenvalue weighted by molar-refractivity contribution is 0.349. The van der Waals surface area contributed by atoms with Crippen LogP contribution in [0.5, 0.6) is 0 Å². The molecule has 0 aromatic heterocycles. The highest BCUT2D eigenvalue weighted by Crippen LogP contribution is 2.25. The quantitative estimate of drug-likeness (QED) is 0.930. The molecule has 100 valence electrons. The van der Waals surface area contributed by atoms with E-state index >= 15 is 0 Å². The Morgan fingerprint density at radius 1 is 1.22 bits per heavy atom. The average molecular weight is 289 g/mol. The minimum absolute atomic E-state index is 0.426. The van der Waals surface area contributed by atoms with Gasteiger partial charge in [0.15, 0.2) is 0 Å². The van der Waals surface area contributed by atoms with Gasteiger partial charge in [0.1, 0.15) is 0 Å². The van der Waals surface area contributed by atoms with Crippen molar-refractivity contribution in [3.05, 3.63) is 28.8 Å². The fourth-order valence-electron chi connectivity index (χ4n) is 2.01. The number of hydrogen-bond donors (Lipinski definition) is 1. The molecule has 1 heterocycles. The Bertz CT molecular complexity index is 525. The molecule has 0 aliphatic carbocycles. The Labute approximate surface area is 113 Å². The topological polar surface area (TPSA) is 49.4 Å². The van der Waals surface area contributed by atoms with Crippen LogP contribution < -0.4 is 4.72 Å². The van der Waals surface area contributed by atoms with Crippen LogP contribution in [0.2, 0.25) is 5.02 Å². The van der Waals surface area contributed by atoms with E-state index < -0.39 is 10.2 Å². The zero-order valence-corrected chi connectivity index (χ0v) is 11.9. The third kappa shape index (κ3) is 3.16. The van der Waals surface area contributed by atoms with Crippen LogP contribution in [-0.2, 0) is 10.2 Å². The lowest BCUT2D eigenvalue weighted by Crippen LogP contribution is -2.39. The van der Waals surface area contributed by atoms with E-state index in [9.17, 15) is 8.42 Å². The minimum Gasteiger partial charge on any atom is -0.269 e. The molecule has 0 radical (unpaired) electrons. The molecule has 0 atom stereocenters. The summed E-state index contributed by atoms with van der Waals surface area (Å²) in [6.07, 6.45) is 2.93. The summed E-state index contributed by atoms with van der Waals surface area (Å²) in [4.78, 5) is 0. The van der Waals surface area contributed by atoms with E-state index in [0.717, 1.165) is 24.8 Å². The van der Waals surface area contributed by atoms with Crippen molar-refractivity contribution in [1.82, 2.24) is 4.31 Å². The number of rotatable bonds is 3. The van der Waals surface area contributed by atoms with Gasteiger partial charge in [0.05, 0.1) is 10.7 Å². The van der Waals surface area contributed by atoms with Crippen molar-refractivity contribution in [2.75, 3.05) is 17.8 Å². The van der Waals surface area contributed by atoms with Gasteiger partial charge in [-0.3, -0.25) is 4.72 Å². The highest BCUT2D eigenvalue weighted by Gasteiger charge is 2.24. The summed E-state index contributed by atoms with van der Waals surface area (Å²) in [7, 11) is -3.47. The van der Waals surface area contributed by atoms with Gasteiger partial charge in [0.2, 0.25) is 0 Å². The van der Waals surface area contributed by atoms with Crippen molar-refractivity contribution < 1.29 is 8.42 Å². The standard InChI is InChI=1S/C12H17ClN2O2S/c1-10-5-6-12(11(13)9-10)14-18(16,17)15-7-3-2-4-8-15/h5-6,9,14H,2-4,7-8H2,1H3. The van der Waals surface area contributed by atoms with Crippen molar-refractivity contribution in [2.45, 2.75) is 26.2 Å². The van der Waals surface area contributed by atoms with Gasteiger partial charge >= 0.3 is 10.2 Å². The normalized spacial score (nSPS) is 17.7. The summed E-state index contributed by atoms with van der Waals surface area (Å²) in [6, 6.07) is 5.27. The fraction of sp³-hybridized carbons (Fsp3) is 0.500. The monoisotopic (exact) mass is 288 g/mol. The van der Waals surface area contributed by atoms with Crippen LogP contribution >= 0.6 is 11.6 Å². The summed E-state index contributed by atoms with van der Waals surface area (Å²) >= 11 is 6.03. The number of halogens is 1. The molecule has 1 fully saturated rings. The Morgan fingerprint density at radius 2 is 1.89 bits per heavy atom. The van der Waals surface area contributed by atoms with Gasteiger partial charge in [-0.05, 0) is 37.5 Å². The Morgan fingerprint density at radius 3 is 2.50 bits per heavy atom. The van der Waals surface area contributed by atoms with Gasteiger partial charge < -0.3 is 0 Å². The molecule has 0 unspecified atom stereocenters. The molecule has 1 aromatic rings. The SMILES string of the molecule is Cc1ccc(NS(=O)(=O)N2CCCCC2)c(Cl)c1. The number of piperidine rings is 1. The van der Waals surface area contributed by atoms with E-state index in [0.29, 0.717) is 23.8 Å². The van der Waals surface area contributed by atoms with Crippen molar-refractivity contribution in [3.8, 4) is 0 Å². The Balaban J connectivity index is 2.16. The van der Waals surface area contributed by atoms with E-state index in [4.69, 9.17) is 11.6 Å². The number of hydrogen-bond acceptors (Lipinski definition) is 2. The maximum absolute atomic E-state index is 12.1. The van der Waals surface area contributed by atoms with Crippen LogP contribution in [0, 0.1) is 6.92 Å². The molecular weight excluding hydrogens is 272 g/mol. The van der Waals surface area contributed by atoms with Crippen LogP contribution in [0.15, 0.2) is 18.2 Å². The van der Waals surface area contributed by atoms with Crippen LogP contribution in [0.1, 0.15) is 24.8 Å². The molecule has 0 bridgehead atoms. The maximum Gasteiger partial charge on any atom is 0.301 e. The zero-order chi connectivity index (χ0) is 13.2. The Kier molecular flexibility index (Phi) is 4.14. The molecule has 1 aliphatic heterocycles. The highest BCUT2D eigenvalue weighted by molar-refractivity contribution is 7.90. The fourth-order valence-corrected chi connectivity index (χ4v) is 3.67. The molecule has 4 nitrogen and oxygen atoms in total. The molecule has 1 saturated heterocycles. The molecule has 1 N–H and O–H groups in total. The summed E-state index contributed by atoms with van der Waals surface area (Å²) in [6.45, 7) is 3.08. The molecule has 0 spiro atoms. The summed E-state index contributed by atoms with van der Waals surface area (Å²) in [5.41, 5.74) is 1.44. The highest BCUT2D eigenvalue weighted by atomic mass is 35.5. The van der Waals surface area contributed by atoms with Crippen LogP contribution in [-0.4, -0.2) is 25.8 Å². The van der Waals surface area contributed by atoms with Crippen molar-refractivity contribution in [1.29, 1.82) is 0 Å². The molecule has 0 amide bonds. The number of nitrogens with one attached hydrogen (secondary N) is 1. The maximum atomic E-state index is 12.1. The number of aryl methyl sites for hydroxylation is 1. The molecule has 1 aromatic carbocycles. The van der Waals surface area contributed by atoms with Crippen molar-refractivity contribution in [2.24, 2.45) is 0 Å². The predicted molar refractivity (Wildman–Crippen MR) is 74.2 cm³/mol. The predicted octanol–water partition coefficient (Wildman–Crippen LogP) is 2.79. The third-order valence-corrected chi connectivity index (χ3v) is 4.85. The first-order valence-corrected chi connectivity index (χ1v) is 7.85. The van der Waals surface area contributed by atoms with E-state index in [-0.39, 0.29) is 0 Å². The number of anilines is 1. The number of nitrogens with zero attached hydrogens (tertiary/aromatic N) is 1. The zero-order valence-electron chi connectivity index (χ0n) is 10.3. The minimum atomic E-state index is -3.47. The van der Waals surface area contributed by atoms with Crippen LogP contribution in [0.4, 0.5) is 5.69 Å². The summed E-state index contributed by atoms with van der Waals surface area (Å²) in [5, 5.41) is 0.426. The van der Waals surface area contributed by atoms with Crippen LogP contribution in [0.3, 0.4) is 0 Å². The molecule has 0 saturated carbocycles. The molecule has 2 rings (SSSR count). The van der Waals surface area contributed by atoms with Gasteiger partial charge in [-0.15, -0.1) is 0 Å². The number of benzene rings is 1. The van der Waals surface area contributed by atoms with E-state index in [1.54, 1.807) is 12.1 Å². The van der Waals surface area contributed by atoms with Gasteiger partial charge in [-0.1, -0.05) is 24.1 Å². The van der Waals surface area contributed by atoms with E-state index in [1.165, 1.54) is 4.31 Å². The lowest BCUT2D eigenvalue weighted by atomic mass is 10.2. The van der Waals surface area contributed by atoms with Gasteiger partial charge in [-0.2, -0.15) is 12.7 Å². The molecular formula is C12H17ClN2O2S. The van der Waals surface area contributed by atoms with Gasteiger partial charge in [0.25, 0.3) is 0 Å². The first-order chi connectivity index (χ1) is 8.49. The first kappa shape index (κ1) is 13.6.